The maximum Gasteiger partial charge on any atom is 0.429 e. The van der Waals surface area contributed by atoms with Crippen LogP contribution in [-0.2, 0) is 4.74 Å². The highest BCUT2D eigenvalue weighted by molar-refractivity contribution is 5.86. The minimum absolute atomic E-state index is 0.126. The molecule has 0 bridgehead atoms. The van der Waals surface area contributed by atoms with E-state index in [4.69, 9.17) is 4.74 Å². The molecule has 0 saturated carbocycles. The van der Waals surface area contributed by atoms with E-state index in [9.17, 15) is 4.79 Å². The molecule has 4 nitrogen and oxygen atoms in total. The molecular formula is C14H22N2O2. The van der Waals surface area contributed by atoms with Crippen molar-refractivity contribution in [3.8, 4) is 0 Å². The van der Waals surface area contributed by atoms with Crippen molar-refractivity contribution in [1.29, 1.82) is 0 Å². The first-order valence-electron chi connectivity index (χ1n) is 6.40. The molecule has 18 heavy (non-hydrogen) atoms. The number of hydrogen-bond acceptors (Lipinski definition) is 3. The Kier molecular flexibility index (Phi) is 5.65. The molecule has 0 N–H and O–H groups in total. The number of hydrogen-bond donors (Lipinski definition) is 0. The lowest BCUT2D eigenvalue weighted by Crippen LogP contribution is -2.47. The molecule has 100 valence electrons. The molecule has 1 rings (SSSR count). The third kappa shape index (κ3) is 3.74. The van der Waals surface area contributed by atoms with Crippen molar-refractivity contribution in [2.24, 2.45) is 0 Å². The van der Waals surface area contributed by atoms with Gasteiger partial charge in [-0.25, -0.2) is 14.8 Å². The average Bonchev–Trinajstić information content (AvgIpc) is 2.35. The number of nitrogens with zero attached hydrogens (tertiary/aromatic N) is 2. The van der Waals surface area contributed by atoms with Crippen LogP contribution in [0.25, 0.3) is 0 Å². The van der Waals surface area contributed by atoms with E-state index in [1.807, 2.05) is 63.0 Å². The van der Waals surface area contributed by atoms with E-state index in [-0.39, 0.29) is 12.2 Å². The number of hydrazine groups is 1. The zero-order chi connectivity index (χ0) is 13.5. The van der Waals surface area contributed by atoms with Crippen LogP contribution in [0.4, 0.5) is 10.5 Å². The lowest BCUT2D eigenvalue weighted by Gasteiger charge is -2.32. The molecular weight excluding hydrogens is 228 g/mol. The number of carbonyl (C=O) groups excluding carboxylic acids is 1. The molecule has 0 spiro atoms. The molecule has 0 saturated heterocycles. The van der Waals surface area contributed by atoms with Gasteiger partial charge in [-0.1, -0.05) is 32.0 Å². The number of para-hydroxylation sites is 1. The number of carbonyl (C=O) groups is 1. The summed E-state index contributed by atoms with van der Waals surface area (Å²) in [5.41, 5.74) is 0.826. The highest BCUT2D eigenvalue weighted by atomic mass is 16.6. The molecule has 0 heterocycles. The molecule has 0 aliphatic rings. The lowest BCUT2D eigenvalue weighted by molar-refractivity contribution is 0.104. The Morgan fingerprint density at radius 2 is 1.72 bits per heavy atom. The highest BCUT2D eigenvalue weighted by Crippen LogP contribution is 2.17. The van der Waals surface area contributed by atoms with Gasteiger partial charge in [0, 0.05) is 13.1 Å². The summed E-state index contributed by atoms with van der Waals surface area (Å²) < 4.78 is 5.30. The monoisotopic (exact) mass is 250 g/mol. The molecule has 0 aromatic heterocycles. The number of anilines is 1. The minimum atomic E-state index is -0.333. The second kappa shape index (κ2) is 7.01. The molecule has 0 unspecified atom stereocenters. The van der Waals surface area contributed by atoms with Gasteiger partial charge in [0.2, 0.25) is 0 Å². The Morgan fingerprint density at radius 1 is 1.17 bits per heavy atom. The van der Waals surface area contributed by atoms with Crippen LogP contribution in [0.15, 0.2) is 30.3 Å². The summed E-state index contributed by atoms with van der Waals surface area (Å²) in [7, 11) is 0. The van der Waals surface area contributed by atoms with Crippen LogP contribution in [0.5, 0.6) is 0 Å². The summed E-state index contributed by atoms with van der Waals surface area (Å²) in [4.78, 5) is 12.2. The smallest absolute Gasteiger partial charge is 0.429 e. The van der Waals surface area contributed by atoms with Gasteiger partial charge in [-0.2, -0.15) is 0 Å². The van der Waals surface area contributed by atoms with E-state index < -0.39 is 0 Å². The zero-order valence-corrected chi connectivity index (χ0v) is 11.6. The van der Waals surface area contributed by atoms with Crippen LogP contribution in [0, 0.1) is 0 Å². The molecule has 0 radical (unpaired) electrons. The van der Waals surface area contributed by atoms with E-state index in [1.165, 1.54) is 0 Å². The molecule has 1 aromatic carbocycles. The van der Waals surface area contributed by atoms with Gasteiger partial charge >= 0.3 is 6.09 Å². The van der Waals surface area contributed by atoms with E-state index in [2.05, 4.69) is 0 Å². The molecule has 0 atom stereocenters. The Bertz CT molecular complexity index is 361. The van der Waals surface area contributed by atoms with Crippen molar-refractivity contribution >= 4 is 11.8 Å². The maximum atomic E-state index is 12.2. The second-order valence-electron chi connectivity index (χ2n) is 4.22. The predicted octanol–water partition coefficient (Wildman–Crippen LogP) is 3.29. The number of rotatable bonds is 5. The normalized spacial score (nSPS) is 10.8. The van der Waals surface area contributed by atoms with Crippen LogP contribution in [-0.4, -0.2) is 30.3 Å². The van der Waals surface area contributed by atoms with E-state index in [0.29, 0.717) is 0 Å². The lowest BCUT2D eigenvalue weighted by atomic mass is 10.3. The quantitative estimate of drug-likeness (QED) is 0.752. The topological polar surface area (TPSA) is 32.8 Å². The van der Waals surface area contributed by atoms with Gasteiger partial charge in [0.25, 0.3) is 0 Å². The van der Waals surface area contributed by atoms with Gasteiger partial charge in [0.15, 0.2) is 0 Å². The standard InChI is InChI=1S/C14H22N2O2/c1-5-15(6-2)16(14(17)18-12(3)4)13-10-8-7-9-11-13/h7-12H,5-6H2,1-4H3. The third-order valence-electron chi connectivity index (χ3n) is 2.52. The van der Waals surface area contributed by atoms with Crippen molar-refractivity contribution in [3.63, 3.8) is 0 Å². The third-order valence-corrected chi connectivity index (χ3v) is 2.52. The van der Waals surface area contributed by atoms with E-state index in [1.54, 1.807) is 5.01 Å². The van der Waals surface area contributed by atoms with Gasteiger partial charge in [0.05, 0.1) is 11.8 Å². The van der Waals surface area contributed by atoms with Crippen molar-refractivity contribution in [2.75, 3.05) is 18.1 Å². The average molecular weight is 250 g/mol. The molecule has 0 fully saturated rings. The van der Waals surface area contributed by atoms with Crippen molar-refractivity contribution < 1.29 is 9.53 Å². The summed E-state index contributed by atoms with van der Waals surface area (Å²) in [6.45, 7) is 9.23. The molecule has 1 amide bonds. The Labute approximate surface area is 109 Å². The van der Waals surface area contributed by atoms with E-state index >= 15 is 0 Å². The Morgan fingerprint density at radius 3 is 2.17 bits per heavy atom. The minimum Gasteiger partial charge on any atom is -0.445 e. The summed E-state index contributed by atoms with van der Waals surface area (Å²) in [6, 6.07) is 9.56. The van der Waals surface area contributed by atoms with Crippen LogP contribution < -0.4 is 5.01 Å². The zero-order valence-electron chi connectivity index (χ0n) is 11.6. The second-order valence-corrected chi connectivity index (χ2v) is 4.22. The molecule has 0 aliphatic heterocycles. The largest absolute Gasteiger partial charge is 0.445 e. The number of benzene rings is 1. The fourth-order valence-electron chi connectivity index (χ4n) is 1.71. The van der Waals surface area contributed by atoms with Gasteiger partial charge in [-0.3, -0.25) is 0 Å². The van der Waals surface area contributed by atoms with Gasteiger partial charge < -0.3 is 4.74 Å². The van der Waals surface area contributed by atoms with Crippen molar-refractivity contribution in [3.05, 3.63) is 30.3 Å². The fraction of sp³-hybridized carbons (Fsp3) is 0.500. The fourth-order valence-corrected chi connectivity index (χ4v) is 1.71. The van der Waals surface area contributed by atoms with Crippen LogP contribution in [0.2, 0.25) is 0 Å². The number of amides is 1. The van der Waals surface area contributed by atoms with Gasteiger partial charge in [0.1, 0.15) is 0 Å². The summed E-state index contributed by atoms with van der Waals surface area (Å²) in [5.74, 6) is 0. The van der Waals surface area contributed by atoms with Crippen LogP contribution in [0.1, 0.15) is 27.7 Å². The van der Waals surface area contributed by atoms with Crippen LogP contribution >= 0.6 is 0 Å². The molecule has 1 aromatic rings. The summed E-state index contributed by atoms with van der Waals surface area (Å²) in [6.07, 6.45) is -0.459. The first-order chi connectivity index (χ1) is 8.60. The van der Waals surface area contributed by atoms with Crippen LogP contribution in [0.3, 0.4) is 0 Å². The summed E-state index contributed by atoms with van der Waals surface area (Å²) in [5, 5.41) is 3.54. The first-order valence-corrected chi connectivity index (χ1v) is 6.40. The van der Waals surface area contributed by atoms with Crippen molar-refractivity contribution in [1.82, 2.24) is 5.01 Å². The van der Waals surface area contributed by atoms with Crippen molar-refractivity contribution in [2.45, 2.75) is 33.8 Å². The Balaban J connectivity index is 2.98. The molecule has 4 heteroatoms. The maximum absolute atomic E-state index is 12.2. The molecule has 0 aliphatic carbocycles. The van der Waals surface area contributed by atoms with Gasteiger partial charge in [-0.15, -0.1) is 0 Å². The van der Waals surface area contributed by atoms with Gasteiger partial charge in [-0.05, 0) is 26.0 Å². The Hall–Kier alpha value is -1.55. The van der Waals surface area contributed by atoms with E-state index in [0.717, 1.165) is 18.8 Å². The predicted molar refractivity (Wildman–Crippen MR) is 73.5 cm³/mol. The SMILES string of the molecule is CCN(CC)N(C(=O)OC(C)C)c1ccccc1. The summed E-state index contributed by atoms with van der Waals surface area (Å²) >= 11 is 0. The highest BCUT2D eigenvalue weighted by Gasteiger charge is 2.23. The number of ether oxygens (including phenoxy) is 1. The first kappa shape index (κ1) is 14.5.